The summed E-state index contributed by atoms with van der Waals surface area (Å²) in [5.74, 6) is 0. The van der Waals surface area contributed by atoms with Crippen LogP contribution in [0.2, 0.25) is 0 Å². The lowest BCUT2D eigenvalue weighted by Gasteiger charge is -2.27. The summed E-state index contributed by atoms with van der Waals surface area (Å²) in [5.41, 5.74) is 0.150. The number of hydrogen-bond donors (Lipinski definition) is 3. The third kappa shape index (κ3) is 0.934. The summed E-state index contributed by atoms with van der Waals surface area (Å²) in [6.45, 7) is 2.40. The summed E-state index contributed by atoms with van der Waals surface area (Å²) in [5, 5.41) is 21.7. The van der Waals surface area contributed by atoms with Crippen molar-refractivity contribution in [2.75, 3.05) is 26.3 Å². The molecule has 1 aliphatic carbocycles. The molecule has 0 atom stereocenters. The monoisotopic (exact) mass is 171 g/mol. The van der Waals surface area contributed by atoms with E-state index in [1.54, 1.807) is 0 Å². The van der Waals surface area contributed by atoms with Crippen molar-refractivity contribution in [2.45, 2.75) is 19.3 Å². The van der Waals surface area contributed by atoms with Crippen molar-refractivity contribution < 1.29 is 10.2 Å². The predicted octanol–water partition coefficient (Wildman–Crippen LogP) is -0.269. The van der Waals surface area contributed by atoms with Crippen LogP contribution in [-0.2, 0) is 0 Å². The van der Waals surface area contributed by atoms with Gasteiger partial charge in [0.15, 0.2) is 0 Å². The van der Waals surface area contributed by atoms with Gasteiger partial charge in [0.05, 0.1) is 13.2 Å². The van der Waals surface area contributed by atoms with E-state index in [2.05, 4.69) is 5.32 Å². The van der Waals surface area contributed by atoms with Gasteiger partial charge >= 0.3 is 0 Å². The van der Waals surface area contributed by atoms with Gasteiger partial charge in [0.1, 0.15) is 0 Å². The van der Waals surface area contributed by atoms with Crippen molar-refractivity contribution in [1.29, 1.82) is 0 Å². The average Bonchev–Trinajstić information content (AvgIpc) is 2.75. The Labute approximate surface area is 72.8 Å². The summed E-state index contributed by atoms with van der Waals surface area (Å²) in [6.07, 6.45) is 3.26. The molecule has 2 fully saturated rings. The Balaban J connectivity index is 2.05. The largest absolute Gasteiger partial charge is 0.396 e. The van der Waals surface area contributed by atoms with E-state index >= 15 is 0 Å². The second-order valence-corrected chi connectivity index (χ2v) is 4.30. The van der Waals surface area contributed by atoms with E-state index < -0.39 is 0 Å². The van der Waals surface area contributed by atoms with Crippen molar-refractivity contribution in [3.8, 4) is 0 Å². The zero-order valence-corrected chi connectivity index (χ0v) is 7.34. The molecule has 1 saturated heterocycles. The molecule has 0 aromatic carbocycles. The Kier molecular flexibility index (Phi) is 1.90. The minimum Gasteiger partial charge on any atom is -0.396 e. The first-order valence-electron chi connectivity index (χ1n) is 4.71. The molecule has 1 heterocycles. The zero-order valence-electron chi connectivity index (χ0n) is 7.34. The highest BCUT2D eigenvalue weighted by atomic mass is 16.3. The molecule has 3 heteroatoms. The Morgan fingerprint density at radius 3 is 2.08 bits per heavy atom. The molecule has 0 aromatic rings. The normalized spacial score (nSPS) is 30.5. The van der Waals surface area contributed by atoms with Gasteiger partial charge in [0, 0.05) is 5.41 Å². The lowest BCUT2D eigenvalue weighted by Crippen LogP contribution is -2.34. The van der Waals surface area contributed by atoms with Crippen molar-refractivity contribution >= 4 is 0 Å². The molecule has 0 unspecified atom stereocenters. The molecule has 2 rings (SSSR count). The third-order valence-corrected chi connectivity index (χ3v) is 3.84. The molecule has 1 aliphatic heterocycles. The van der Waals surface area contributed by atoms with E-state index in [0.29, 0.717) is 0 Å². The number of hydrogen-bond acceptors (Lipinski definition) is 3. The van der Waals surface area contributed by atoms with E-state index in [0.717, 1.165) is 32.4 Å². The van der Waals surface area contributed by atoms with Crippen molar-refractivity contribution in [1.82, 2.24) is 5.32 Å². The summed E-state index contributed by atoms with van der Waals surface area (Å²) in [7, 11) is 0. The maximum Gasteiger partial charge on any atom is 0.0515 e. The fourth-order valence-corrected chi connectivity index (χ4v) is 2.71. The highest BCUT2D eigenvalue weighted by Gasteiger charge is 2.65. The number of rotatable bonds is 2. The van der Waals surface area contributed by atoms with Crippen molar-refractivity contribution in [3.63, 3.8) is 0 Å². The zero-order chi connectivity index (χ0) is 8.66. The molecule has 0 bridgehead atoms. The van der Waals surface area contributed by atoms with Crippen LogP contribution >= 0.6 is 0 Å². The van der Waals surface area contributed by atoms with Gasteiger partial charge in [-0.15, -0.1) is 0 Å². The number of aliphatic hydroxyl groups excluding tert-OH is 2. The van der Waals surface area contributed by atoms with E-state index in [9.17, 15) is 10.2 Å². The summed E-state index contributed by atoms with van der Waals surface area (Å²) in [4.78, 5) is 0. The van der Waals surface area contributed by atoms with Crippen LogP contribution in [0.25, 0.3) is 0 Å². The van der Waals surface area contributed by atoms with Crippen LogP contribution in [0.5, 0.6) is 0 Å². The van der Waals surface area contributed by atoms with Gasteiger partial charge in [-0.05, 0) is 37.8 Å². The third-order valence-electron chi connectivity index (χ3n) is 3.84. The first kappa shape index (κ1) is 8.48. The van der Waals surface area contributed by atoms with E-state index in [1.165, 1.54) is 0 Å². The van der Waals surface area contributed by atoms with E-state index in [4.69, 9.17) is 0 Å². The van der Waals surface area contributed by atoms with Gasteiger partial charge in [-0.1, -0.05) is 0 Å². The minimum atomic E-state index is -0.130. The van der Waals surface area contributed by atoms with Crippen LogP contribution in [0.4, 0.5) is 0 Å². The highest BCUT2D eigenvalue weighted by molar-refractivity contribution is 5.15. The molecule has 2 aliphatic rings. The maximum atomic E-state index is 9.19. The quantitative estimate of drug-likeness (QED) is 0.536. The van der Waals surface area contributed by atoms with Crippen LogP contribution in [0.3, 0.4) is 0 Å². The topological polar surface area (TPSA) is 52.5 Å². The molecule has 3 nitrogen and oxygen atoms in total. The van der Waals surface area contributed by atoms with Gasteiger partial charge in [0.25, 0.3) is 0 Å². The van der Waals surface area contributed by atoms with Gasteiger partial charge in [-0.3, -0.25) is 0 Å². The molecule has 1 spiro atoms. The molecule has 1 saturated carbocycles. The van der Waals surface area contributed by atoms with Crippen LogP contribution < -0.4 is 5.32 Å². The van der Waals surface area contributed by atoms with E-state index in [-0.39, 0.29) is 24.0 Å². The highest BCUT2D eigenvalue weighted by Crippen LogP contribution is 2.67. The first-order valence-corrected chi connectivity index (χ1v) is 4.71. The van der Waals surface area contributed by atoms with Gasteiger partial charge in [-0.25, -0.2) is 0 Å². The Morgan fingerprint density at radius 1 is 1.08 bits per heavy atom. The standard InChI is InChI=1S/C9H17NO2/c11-6-9(7-12)5-8(9)1-3-10-4-2-8/h10-12H,1-7H2. The Bertz CT molecular complexity index is 171. The fourth-order valence-electron chi connectivity index (χ4n) is 2.71. The number of aliphatic hydroxyl groups is 2. The summed E-state index contributed by atoms with van der Waals surface area (Å²) >= 11 is 0. The Hall–Kier alpha value is -0.120. The first-order chi connectivity index (χ1) is 5.79. The molecule has 0 aromatic heterocycles. The van der Waals surface area contributed by atoms with Crippen LogP contribution in [0, 0.1) is 10.8 Å². The summed E-state index contributed by atoms with van der Waals surface area (Å²) in [6, 6.07) is 0. The van der Waals surface area contributed by atoms with Gasteiger partial charge in [-0.2, -0.15) is 0 Å². The van der Waals surface area contributed by atoms with Crippen LogP contribution in [0.15, 0.2) is 0 Å². The smallest absolute Gasteiger partial charge is 0.0515 e. The lowest BCUT2D eigenvalue weighted by molar-refractivity contribution is 0.0871. The fraction of sp³-hybridized carbons (Fsp3) is 1.00. The van der Waals surface area contributed by atoms with Crippen LogP contribution in [-0.4, -0.2) is 36.5 Å². The van der Waals surface area contributed by atoms with Crippen molar-refractivity contribution in [3.05, 3.63) is 0 Å². The molecule has 12 heavy (non-hydrogen) atoms. The van der Waals surface area contributed by atoms with Crippen LogP contribution in [0.1, 0.15) is 19.3 Å². The molecular formula is C9H17NO2. The number of piperidine rings is 1. The van der Waals surface area contributed by atoms with Gasteiger partial charge in [0.2, 0.25) is 0 Å². The molecule has 70 valence electrons. The van der Waals surface area contributed by atoms with Crippen molar-refractivity contribution in [2.24, 2.45) is 10.8 Å². The maximum absolute atomic E-state index is 9.19. The lowest BCUT2D eigenvalue weighted by atomic mass is 9.85. The average molecular weight is 171 g/mol. The second-order valence-electron chi connectivity index (χ2n) is 4.30. The predicted molar refractivity (Wildman–Crippen MR) is 45.8 cm³/mol. The molecule has 0 radical (unpaired) electrons. The second kappa shape index (κ2) is 2.69. The minimum absolute atomic E-state index is 0.130. The van der Waals surface area contributed by atoms with Gasteiger partial charge < -0.3 is 15.5 Å². The molecule has 0 amide bonds. The molecule has 3 N–H and O–H groups in total. The SMILES string of the molecule is OCC1(CO)CC12CCNCC2. The van der Waals surface area contributed by atoms with E-state index in [1.807, 2.05) is 0 Å². The Morgan fingerprint density at radius 2 is 1.67 bits per heavy atom. The summed E-state index contributed by atoms with van der Waals surface area (Å²) < 4.78 is 0. The number of nitrogens with one attached hydrogen (secondary N) is 1. The molecular weight excluding hydrogens is 154 g/mol.